The van der Waals surface area contributed by atoms with Crippen LogP contribution in [0.2, 0.25) is 5.02 Å². The zero-order valence-electron chi connectivity index (χ0n) is 12.2. The van der Waals surface area contributed by atoms with Gasteiger partial charge in [0.2, 0.25) is 10.0 Å². The number of rotatable bonds is 7. The number of nitrogens with one attached hydrogen (secondary N) is 2. The van der Waals surface area contributed by atoms with Gasteiger partial charge in [0.15, 0.2) is 0 Å². The van der Waals surface area contributed by atoms with Crippen molar-refractivity contribution in [1.82, 2.24) is 4.72 Å². The topological polar surface area (TPSA) is 101 Å². The monoisotopic (exact) mass is 373 g/mol. The first-order valence-corrected chi connectivity index (χ1v) is 8.59. The molecule has 0 aliphatic rings. The molecular weight excluding hydrogens is 361 g/mol. The second kappa shape index (κ2) is 7.56. The first kappa shape index (κ1) is 18.1. The number of nitrogens with zero attached hydrogens (tertiary/aromatic N) is 1. The van der Waals surface area contributed by atoms with Crippen LogP contribution in [0.15, 0.2) is 47.4 Å². The molecule has 0 fully saturated rings. The molecule has 0 aliphatic heterocycles. The van der Waals surface area contributed by atoms with Crippen molar-refractivity contribution in [2.75, 3.05) is 18.4 Å². The lowest BCUT2D eigenvalue weighted by molar-refractivity contribution is -0.384. The number of para-hydroxylation sites is 2. The van der Waals surface area contributed by atoms with E-state index in [1.807, 2.05) is 0 Å². The van der Waals surface area contributed by atoms with Crippen molar-refractivity contribution in [2.45, 2.75) is 4.90 Å². The first-order chi connectivity index (χ1) is 11.3. The van der Waals surface area contributed by atoms with E-state index in [1.165, 1.54) is 18.2 Å². The molecular formula is C14H13ClFN3O4S. The highest BCUT2D eigenvalue weighted by Crippen LogP contribution is 2.23. The Hall–Kier alpha value is -2.23. The molecule has 24 heavy (non-hydrogen) atoms. The van der Waals surface area contributed by atoms with Crippen LogP contribution in [0.4, 0.5) is 15.8 Å². The highest BCUT2D eigenvalue weighted by Gasteiger charge is 2.16. The molecule has 0 saturated heterocycles. The summed E-state index contributed by atoms with van der Waals surface area (Å²) in [6.45, 7) is 0.0996. The highest BCUT2D eigenvalue weighted by atomic mass is 35.5. The van der Waals surface area contributed by atoms with Crippen LogP contribution >= 0.6 is 11.6 Å². The van der Waals surface area contributed by atoms with Crippen LogP contribution in [0.3, 0.4) is 0 Å². The molecule has 2 aromatic carbocycles. The van der Waals surface area contributed by atoms with E-state index in [1.54, 1.807) is 6.07 Å². The van der Waals surface area contributed by atoms with Gasteiger partial charge in [0.1, 0.15) is 11.5 Å². The molecule has 10 heteroatoms. The maximum absolute atomic E-state index is 13.1. The summed E-state index contributed by atoms with van der Waals surface area (Å²) in [5.41, 5.74) is 0.178. The van der Waals surface area contributed by atoms with Crippen molar-refractivity contribution in [3.05, 3.63) is 63.4 Å². The summed E-state index contributed by atoms with van der Waals surface area (Å²) in [5, 5.41) is 13.4. The number of benzene rings is 2. The molecule has 7 nitrogen and oxygen atoms in total. The van der Waals surface area contributed by atoms with E-state index < -0.39 is 20.8 Å². The van der Waals surface area contributed by atoms with E-state index in [0.717, 1.165) is 18.2 Å². The van der Waals surface area contributed by atoms with Gasteiger partial charge in [-0.25, -0.2) is 17.5 Å². The van der Waals surface area contributed by atoms with Gasteiger partial charge < -0.3 is 5.32 Å². The average molecular weight is 374 g/mol. The van der Waals surface area contributed by atoms with Crippen molar-refractivity contribution in [1.29, 1.82) is 0 Å². The molecule has 0 saturated carbocycles. The third-order valence-corrected chi connectivity index (χ3v) is 4.78. The number of hydrogen-bond donors (Lipinski definition) is 2. The van der Waals surface area contributed by atoms with Crippen molar-refractivity contribution in [3.63, 3.8) is 0 Å². The van der Waals surface area contributed by atoms with E-state index in [0.29, 0.717) is 0 Å². The normalized spacial score (nSPS) is 11.2. The standard InChI is InChI=1S/C14H13ClFN3O4S/c15-11-9-10(5-6-12(11)16)24(22,23)18-8-7-17-13-3-1-2-4-14(13)19(20)21/h1-6,9,17-18H,7-8H2. The van der Waals surface area contributed by atoms with Crippen molar-refractivity contribution in [2.24, 2.45) is 0 Å². The van der Waals surface area contributed by atoms with Crippen molar-refractivity contribution in [3.8, 4) is 0 Å². The third-order valence-electron chi connectivity index (χ3n) is 3.03. The van der Waals surface area contributed by atoms with Crippen LogP contribution in [0.5, 0.6) is 0 Å². The quantitative estimate of drug-likeness (QED) is 0.441. The van der Waals surface area contributed by atoms with E-state index in [2.05, 4.69) is 10.0 Å². The summed E-state index contributed by atoms with van der Waals surface area (Å²) in [4.78, 5) is 10.2. The molecule has 2 aromatic rings. The van der Waals surface area contributed by atoms with Crippen LogP contribution in [0.1, 0.15) is 0 Å². The minimum absolute atomic E-state index is 0.0244. The highest BCUT2D eigenvalue weighted by molar-refractivity contribution is 7.89. The SMILES string of the molecule is O=[N+]([O-])c1ccccc1NCCNS(=O)(=O)c1ccc(F)c(Cl)c1. The Labute approximate surface area is 142 Å². The fraction of sp³-hybridized carbons (Fsp3) is 0.143. The zero-order chi connectivity index (χ0) is 17.7. The maximum atomic E-state index is 13.1. The zero-order valence-corrected chi connectivity index (χ0v) is 13.8. The summed E-state index contributed by atoms with van der Waals surface area (Å²) in [6.07, 6.45) is 0. The van der Waals surface area contributed by atoms with Gasteiger partial charge in [0, 0.05) is 19.2 Å². The van der Waals surface area contributed by atoms with E-state index in [9.17, 15) is 22.9 Å². The molecule has 0 aliphatic carbocycles. The van der Waals surface area contributed by atoms with Gasteiger partial charge >= 0.3 is 0 Å². The fourth-order valence-corrected chi connectivity index (χ4v) is 3.20. The molecule has 0 spiro atoms. The van der Waals surface area contributed by atoms with Gasteiger partial charge in [-0.3, -0.25) is 10.1 Å². The number of hydrogen-bond acceptors (Lipinski definition) is 5. The number of nitro benzene ring substituents is 1. The Kier molecular flexibility index (Phi) is 5.71. The van der Waals surface area contributed by atoms with Crippen LogP contribution in [0, 0.1) is 15.9 Å². The lowest BCUT2D eigenvalue weighted by Gasteiger charge is -2.09. The Morgan fingerprint density at radius 3 is 2.54 bits per heavy atom. The molecule has 0 unspecified atom stereocenters. The summed E-state index contributed by atoms with van der Waals surface area (Å²) < 4.78 is 39.5. The Balaban J connectivity index is 1.96. The van der Waals surface area contributed by atoms with Gasteiger partial charge in [-0.2, -0.15) is 0 Å². The number of nitro groups is 1. The minimum Gasteiger partial charge on any atom is -0.378 e. The van der Waals surface area contributed by atoms with Gasteiger partial charge in [0.05, 0.1) is 14.8 Å². The lowest BCUT2D eigenvalue weighted by atomic mass is 10.2. The Bertz CT molecular complexity index is 861. The van der Waals surface area contributed by atoms with Crippen molar-refractivity contribution >= 4 is 33.0 Å². The van der Waals surface area contributed by atoms with E-state index in [4.69, 9.17) is 11.6 Å². The molecule has 0 aromatic heterocycles. The minimum atomic E-state index is -3.86. The summed E-state index contributed by atoms with van der Waals surface area (Å²) >= 11 is 5.56. The predicted octanol–water partition coefficient (Wildman–Crippen LogP) is 2.78. The van der Waals surface area contributed by atoms with Gasteiger partial charge in [-0.15, -0.1) is 0 Å². The first-order valence-electron chi connectivity index (χ1n) is 6.73. The van der Waals surface area contributed by atoms with Crippen LogP contribution in [-0.2, 0) is 10.0 Å². The summed E-state index contributed by atoms with van der Waals surface area (Å²) in [5.74, 6) is -0.714. The van der Waals surface area contributed by atoms with Crippen molar-refractivity contribution < 1.29 is 17.7 Å². The molecule has 2 rings (SSSR count). The Morgan fingerprint density at radius 1 is 1.17 bits per heavy atom. The van der Waals surface area contributed by atoms with E-state index >= 15 is 0 Å². The lowest BCUT2D eigenvalue weighted by Crippen LogP contribution is -2.29. The predicted molar refractivity (Wildman–Crippen MR) is 88.2 cm³/mol. The largest absolute Gasteiger partial charge is 0.378 e. The second-order valence-electron chi connectivity index (χ2n) is 4.67. The number of sulfonamides is 1. The van der Waals surface area contributed by atoms with Gasteiger partial charge in [-0.1, -0.05) is 23.7 Å². The number of anilines is 1. The number of halogens is 2. The smallest absolute Gasteiger partial charge is 0.292 e. The molecule has 128 valence electrons. The van der Waals surface area contributed by atoms with Gasteiger partial charge in [0.25, 0.3) is 5.69 Å². The molecule has 0 atom stereocenters. The molecule has 0 amide bonds. The van der Waals surface area contributed by atoms with Crippen LogP contribution < -0.4 is 10.0 Å². The second-order valence-corrected chi connectivity index (χ2v) is 6.85. The maximum Gasteiger partial charge on any atom is 0.292 e. The van der Waals surface area contributed by atoms with Gasteiger partial charge in [-0.05, 0) is 24.3 Å². The molecule has 0 bridgehead atoms. The molecule has 0 radical (unpaired) electrons. The third kappa shape index (κ3) is 4.40. The average Bonchev–Trinajstić information content (AvgIpc) is 2.54. The fourth-order valence-electron chi connectivity index (χ4n) is 1.89. The van der Waals surface area contributed by atoms with E-state index in [-0.39, 0.29) is 34.4 Å². The summed E-state index contributed by atoms with van der Waals surface area (Å²) in [7, 11) is -3.86. The van der Waals surface area contributed by atoms with Crippen LogP contribution in [-0.4, -0.2) is 26.4 Å². The summed E-state index contributed by atoms with van der Waals surface area (Å²) in [6, 6.07) is 9.08. The van der Waals surface area contributed by atoms with Crippen LogP contribution in [0.25, 0.3) is 0 Å². The molecule has 0 heterocycles. The molecule has 2 N–H and O–H groups in total. The Morgan fingerprint density at radius 2 is 1.88 bits per heavy atom.